The van der Waals surface area contributed by atoms with Crippen molar-refractivity contribution in [3.05, 3.63) is 48.0 Å². The fraction of sp³-hybridized carbons (Fsp3) is 0.0833. The predicted octanol–water partition coefficient (Wildman–Crippen LogP) is 1.36. The number of fused-ring (bicyclic) bond motifs is 1. The Kier molecular flexibility index (Phi) is 2.39. The van der Waals surface area contributed by atoms with Gasteiger partial charge in [0.05, 0.1) is 0 Å². The molecule has 1 amide bonds. The van der Waals surface area contributed by atoms with Crippen LogP contribution in [0.1, 0.15) is 11.7 Å². The van der Waals surface area contributed by atoms with Crippen molar-refractivity contribution in [3.63, 3.8) is 0 Å². The van der Waals surface area contributed by atoms with Crippen LogP contribution in [-0.2, 0) is 4.79 Å². The van der Waals surface area contributed by atoms with Gasteiger partial charge in [0.2, 0.25) is 0 Å². The molecule has 2 aromatic rings. The molecule has 2 rings (SSSR count). The minimum atomic E-state index is -1.23. The molecule has 0 aliphatic heterocycles. The molecular formula is C12H11NO2. The average Bonchev–Trinajstić information content (AvgIpc) is 2.27. The second-order valence-electron chi connectivity index (χ2n) is 3.41. The van der Waals surface area contributed by atoms with Crippen LogP contribution in [-0.4, -0.2) is 11.0 Å². The number of nitrogens with two attached hydrogens (primary N) is 1. The predicted molar refractivity (Wildman–Crippen MR) is 58.1 cm³/mol. The highest BCUT2D eigenvalue weighted by molar-refractivity contribution is 5.86. The van der Waals surface area contributed by atoms with Gasteiger partial charge < -0.3 is 10.8 Å². The van der Waals surface area contributed by atoms with Crippen LogP contribution in [0.5, 0.6) is 0 Å². The fourth-order valence-corrected chi connectivity index (χ4v) is 1.54. The smallest absolute Gasteiger partial charge is 0.250 e. The molecule has 1 atom stereocenters. The standard InChI is InChI=1S/C12H11NO2/c13-12(15)11(14)10-6-5-8-3-1-2-4-9(8)7-10/h1-7,11,14H,(H2,13,15)/t11-/m1/s1. The molecule has 0 saturated carbocycles. The summed E-state index contributed by atoms with van der Waals surface area (Å²) in [4.78, 5) is 10.8. The molecule has 15 heavy (non-hydrogen) atoms. The van der Waals surface area contributed by atoms with E-state index in [1.165, 1.54) is 0 Å². The van der Waals surface area contributed by atoms with E-state index in [9.17, 15) is 9.90 Å². The van der Waals surface area contributed by atoms with Crippen molar-refractivity contribution in [3.8, 4) is 0 Å². The molecule has 2 aromatic carbocycles. The number of primary amides is 1. The van der Waals surface area contributed by atoms with Crippen LogP contribution in [0, 0.1) is 0 Å². The number of rotatable bonds is 2. The number of carbonyl (C=O) groups is 1. The quantitative estimate of drug-likeness (QED) is 0.770. The van der Waals surface area contributed by atoms with Crippen molar-refractivity contribution < 1.29 is 9.90 Å². The molecule has 0 saturated heterocycles. The lowest BCUT2D eigenvalue weighted by molar-refractivity contribution is -0.126. The molecule has 0 aliphatic carbocycles. The minimum absolute atomic E-state index is 0.529. The van der Waals surface area contributed by atoms with E-state index in [2.05, 4.69) is 0 Å². The molecule has 76 valence electrons. The number of amides is 1. The van der Waals surface area contributed by atoms with Gasteiger partial charge in [0.25, 0.3) is 5.91 Å². The highest BCUT2D eigenvalue weighted by Crippen LogP contribution is 2.19. The second-order valence-corrected chi connectivity index (χ2v) is 3.41. The monoisotopic (exact) mass is 201 g/mol. The Bertz CT molecular complexity index is 508. The maximum atomic E-state index is 10.8. The van der Waals surface area contributed by atoms with E-state index < -0.39 is 12.0 Å². The van der Waals surface area contributed by atoms with Crippen LogP contribution in [0.4, 0.5) is 0 Å². The Labute approximate surface area is 87.1 Å². The number of benzene rings is 2. The highest BCUT2D eigenvalue weighted by atomic mass is 16.3. The third-order valence-electron chi connectivity index (χ3n) is 2.36. The van der Waals surface area contributed by atoms with Crippen molar-refractivity contribution in [2.24, 2.45) is 5.73 Å². The molecule has 3 N–H and O–H groups in total. The number of aliphatic hydroxyl groups is 1. The van der Waals surface area contributed by atoms with Gasteiger partial charge in [0, 0.05) is 0 Å². The summed E-state index contributed by atoms with van der Waals surface area (Å²) in [7, 11) is 0. The van der Waals surface area contributed by atoms with Gasteiger partial charge in [0.15, 0.2) is 6.10 Å². The number of hydrogen-bond donors (Lipinski definition) is 2. The maximum Gasteiger partial charge on any atom is 0.250 e. The summed E-state index contributed by atoms with van der Waals surface area (Å²) >= 11 is 0. The molecule has 0 aliphatic rings. The zero-order valence-electron chi connectivity index (χ0n) is 8.05. The summed E-state index contributed by atoms with van der Waals surface area (Å²) in [6.07, 6.45) is -1.23. The molecule has 0 aromatic heterocycles. The van der Waals surface area contributed by atoms with Gasteiger partial charge in [0.1, 0.15) is 0 Å². The summed E-state index contributed by atoms with van der Waals surface area (Å²) in [5, 5.41) is 11.5. The number of aliphatic hydroxyl groups excluding tert-OH is 1. The van der Waals surface area contributed by atoms with E-state index in [0.717, 1.165) is 10.8 Å². The zero-order chi connectivity index (χ0) is 10.8. The molecule has 0 unspecified atom stereocenters. The topological polar surface area (TPSA) is 63.3 Å². The lowest BCUT2D eigenvalue weighted by Gasteiger charge is -2.07. The van der Waals surface area contributed by atoms with Gasteiger partial charge in [-0.1, -0.05) is 36.4 Å². The van der Waals surface area contributed by atoms with Crippen molar-refractivity contribution >= 4 is 16.7 Å². The largest absolute Gasteiger partial charge is 0.378 e. The average molecular weight is 201 g/mol. The van der Waals surface area contributed by atoms with E-state index in [-0.39, 0.29) is 0 Å². The van der Waals surface area contributed by atoms with E-state index in [0.29, 0.717) is 5.56 Å². The Hall–Kier alpha value is -1.87. The van der Waals surface area contributed by atoms with E-state index in [1.54, 1.807) is 12.1 Å². The lowest BCUT2D eigenvalue weighted by Crippen LogP contribution is -2.20. The van der Waals surface area contributed by atoms with Crippen LogP contribution in [0.15, 0.2) is 42.5 Å². The number of hydrogen-bond acceptors (Lipinski definition) is 2. The summed E-state index contributed by atoms with van der Waals surface area (Å²) in [6, 6.07) is 13.1. The summed E-state index contributed by atoms with van der Waals surface area (Å²) in [6.45, 7) is 0. The van der Waals surface area contributed by atoms with Crippen LogP contribution in [0.2, 0.25) is 0 Å². The molecule has 3 nitrogen and oxygen atoms in total. The van der Waals surface area contributed by atoms with Gasteiger partial charge in [-0.2, -0.15) is 0 Å². The zero-order valence-corrected chi connectivity index (χ0v) is 8.05. The van der Waals surface area contributed by atoms with Gasteiger partial charge in [-0.15, -0.1) is 0 Å². The van der Waals surface area contributed by atoms with Gasteiger partial charge in [-0.3, -0.25) is 4.79 Å². The molecule has 3 heteroatoms. The van der Waals surface area contributed by atoms with E-state index >= 15 is 0 Å². The Balaban J connectivity index is 2.51. The first kappa shape index (κ1) is 9.68. The lowest BCUT2D eigenvalue weighted by atomic mass is 10.0. The van der Waals surface area contributed by atoms with E-state index in [1.807, 2.05) is 30.3 Å². The minimum Gasteiger partial charge on any atom is -0.378 e. The van der Waals surface area contributed by atoms with Gasteiger partial charge in [-0.05, 0) is 22.4 Å². The SMILES string of the molecule is NC(=O)[C@H](O)c1ccc2ccccc2c1. The van der Waals surface area contributed by atoms with E-state index in [4.69, 9.17) is 5.73 Å². The summed E-state index contributed by atoms with van der Waals surface area (Å²) in [5.41, 5.74) is 5.55. The summed E-state index contributed by atoms with van der Waals surface area (Å²) in [5.74, 6) is -0.731. The normalized spacial score (nSPS) is 12.6. The van der Waals surface area contributed by atoms with Crippen molar-refractivity contribution in [2.45, 2.75) is 6.10 Å². The van der Waals surface area contributed by atoms with Crippen LogP contribution in [0.25, 0.3) is 10.8 Å². The maximum absolute atomic E-state index is 10.8. The van der Waals surface area contributed by atoms with Crippen molar-refractivity contribution in [1.82, 2.24) is 0 Å². The molecule has 0 fully saturated rings. The Morgan fingerprint density at radius 1 is 1.13 bits per heavy atom. The molecule has 0 bridgehead atoms. The first-order valence-corrected chi connectivity index (χ1v) is 4.64. The van der Waals surface area contributed by atoms with Crippen molar-refractivity contribution in [2.75, 3.05) is 0 Å². The molecule has 0 spiro atoms. The fourth-order valence-electron chi connectivity index (χ4n) is 1.54. The molecular weight excluding hydrogens is 190 g/mol. The Morgan fingerprint density at radius 3 is 2.47 bits per heavy atom. The van der Waals surface area contributed by atoms with Crippen molar-refractivity contribution in [1.29, 1.82) is 0 Å². The molecule has 0 radical (unpaired) electrons. The van der Waals surface area contributed by atoms with Crippen LogP contribution < -0.4 is 5.73 Å². The third kappa shape index (κ3) is 1.82. The summed E-state index contributed by atoms with van der Waals surface area (Å²) < 4.78 is 0. The third-order valence-corrected chi connectivity index (χ3v) is 2.36. The number of carbonyl (C=O) groups excluding carboxylic acids is 1. The van der Waals surface area contributed by atoms with Crippen LogP contribution >= 0.6 is 0 Å². The first-order valence-electron chi connectivity index (χ1n) is 4.64. The second kappa shape index (κ2) is 3.71. The first-order chi connectivity index (χ1) is 7.18. The molecule has 0 heterocycles. The van der Waals surface area contributed by atoms with Gasteiger partial charge >= 0.3 is 0 Å². The highest BCUT2D eigenvalue weighted by Gasteiger charge is 2.13. The Morgan fingerprint density at radius 2 is 1.80 bits per heavy atom. The van der Waals surface area contributed by atoms with Crippen LogP contribution in [0.3, 0.4) is 0 Å². The van der Waals surface area contributed by atoms with Gasteiger partial charge in [-0.25, -0.2) is 0 Å².